The smallest absolute Gasteiger partial charge is 0.335 e. The number of anilines is 1. The van der Waals surface area contributed by atoms with Crippen LogP contribution >= 0.6 is 0 Å². The Morgan fingerprint density at radius 3 is 1.96 bits per heavy atom. The van der Waals surface area contributed by atoms with Gasteiger partial charge in [-0.2, -0.15) is 0 Å². The monoisotopic (exact) mass is 311 g/mol. The molecule has 0 fully saturated rings. The van der Waals surface area contributed by atoms with Gasteiger partial charge in [0.2, 0.25) is 5.91 Å². The van der Waals surface area contributed by atoms with Gasteiger partial charge in [0.15, 0.2) is 0 Å². The Morgan fingerprint density at radius 2 is 1.48 bits per heavy atom. The number of carboxylic acids is 1. The normalized spacial score (nSPS) is 10.6. The molecule has 2 aromatic carbocycles. The van der Waals surface area contributed by atoms with Gasteiger partial charge in [0.05, 0.1) is 5.56 Å². The maximum atomic E-state index is 11.8. The van der Waals surface area contributed by atoms with Crippen molar-refractivity contribution in [3.8, 4) is 11.1 Å². The Morgan fingerprint density at radius 1 is 0.957 bits per heavy atom. The van der Waals surface area contributed by atoms with Gasteiger partial charge in [0, 0.05) is 12.1 Å². The second-order valence-electron chi connectivity index (χ2n) is 5.94. The number of amides is 1. The summed E-state index contributed by atoms with van der Waals surface area (Å²) in [6.45, 7) is 4.19. The lowest BCUT2D eigenvalue weighted by molar-refractivity contribution is -0.116. The first kappa shape index (κ1) is 16.7. The van der Waals surface area contributed by atoms with Crippen molar-refractivity contribution in [2.45, 2.75) is 26.7 Å². The molecule has 2 N–H and O–H groups in total. The lowest BCUT2D eigenvalue weighted by Crippen LogP contribution is -2.11. The van der Waals surface area contributed by atoms with Crippen LogP contribution in [0.5, 0.6) is 0 Å². The van der Waals surface area contributed by atoms with E-state index in [9.17, 15) is 9.59 Å². The Labute approximate surface area is 136 Å². The highest BCUT2D eigenvalue weighted by atomic mass is 16.4. The molecule has 0 saturated heterocycles. The zero-order chi connectivity index (χ0) is 16.8. The van der Waals surface area contributed by atoms with Crippen LogP contribution in [0.4, 0.5) is 5.69 Å². The van der Waals surface area contributed by atoms with Crippen molar-refractivity contribution in [1.29, 1.82) is 0 Å². The van der Waals surface area contributed by atoms with Crippen molar-refractivity contribution in [2.24, 2.45) is 5.92 Å². The average Bonchev–Trinajstić information content (AvgIpc) is 2.54. The summed E-state index contributed by atoms with van der Waals surface area (Å²) in [6, 6.07) is 14.3. The van der Waals surface area contributed by atoms with Crippen LogP contribution in [0, 0.1) is 5.92 Å². The number of hydrogen-bond acceptors (Lipinski definition) is 2. The molecule has 0 aliphatic heterocycles. The molecule has 0 bridgehead atoms. The minimum absolute atomic E-state index is 0.0252. The van der Waals surface area contributed by atoms with E-state index < -0.39 is 5.97 Å². The molecule has 0 saturated carbocycles. The third-order valence-corrected chi connectivity index (χ3v) is 3.58. The number of carbonyl (C=O) groups excluding carboxylic acids is 1. The second-order valence-corrected chi connectivity index (χ2v) is 5.94. The maximum Gasteiger partial charge on any atom is 0.335 e. The molecule has 0 atom stereocenters. The molecule has 0 spiro atoms. The highest BCUT2D eigenvalue weighted by Gasteiger charge is 2.06. The molecule has 0 aromatic heterocycles. The molecule has 2 rings (SSSR count). The van der Waals surface area contributed by atoms with Gasteiger partial charge in [-0.1, -0.05) is 38.1 Å². The SMILES string of the molecule is CC(C)CCC(=O)Nc1ccc(-c2ccc(C(=O)O)cc2)cc1. The molecule has 0 aliphatic rings. The van der Waals surface area contributed by atoms with Gasteiger partial charge in [0.25, 0.3) is 0 Å². The summed E-state index contributed by atoms with van der Waals surface area (Å²) < 4.78 is 0. The van der Waals surface area contributed by atoms with Crippen molar-refractivity contribution in [2.75, 3.05) is 5.32 Å². The zero-order valence-electron chi connectivity index (χ0n) is 13.4. The van der Waals surface area contributed by atoms with Gasteiger partial charge < -0.3 is 10.4 Å². The molecule has 0 heterocycles. The molecule has 0 radical (unpaired) electrons. The first-order valence-corrected chi connectivity index (χ1v) is 7.69. The third kappa shape index (κ3) is 4.95. The van der Waals surface area contributed by atoms with Crippen LogP contribution in [0.1, 0.15) is 37.0 Å². The van der Waals surface area contributed by atoms with Crippen LogP contribution in [0.3, 0.4) is 0 Å². The minimum atomic E-state index is -0.934. The first-order valence-electron chi connectivity index (χ1n) is 7.69. The largest absolute Gasteiger partial charge is 0.478 e. The molecule has 2 aromatic rings. The summed E-state index contributed by atoms with van der Waals surface area (Å²) in [5.41, 5.74) is 2.95. The number of hydrogen-bond donors (Lipinski definition) is 2. The van der Waals surface area contributed by atoms with Crippen LogP contribution in [-0.4, -0.2) is 17.0 Å². The van der Waals surface area contributed by atoms with Gasteiger partial charge >= 0.3 is 5.97 Å². The second kappa shape index (κ2) is 7.58. The summed E-state index contributed by atoms with van der Waals surface area (Å²) in [4.78, 5) is 22.7. The summed E-state index contributed by atoms with van der Waals surface area (Å²) in [5, 5.41) is 11.8. The fourth-order valence-electron chi connectivity index (χ4n) is 2.19. The summed E-state index contributed by atoms with van der Waals surface area (Å²) in [6.07, 6.45) is 1.40. The number of carbonyl (C=O) groups is 2. The third-order valence-electron chi connectivity index (χ3n) is 3.58. The highest BCUT2D eigenvalue weighted by molar-refractivity contribution is 5.91. The fourth-order valence-corrected chi connectivity index (χ4v) is 2.19. The number of rotatable bonds is 6. The molecule has 0 unspecified atom stereocenters. The highest BCUT2D eigenvalue weighted by Crippen LogP contribution is 2.22. The topological polar surface area (TPSA) is 66.4 Å². The van der Waals surface area contributed by atoms with Crippen molar-refractivity contribution in [3.63, 3.8) is 0 Å². The van der Waals surface area contributed by atoms with Crippen LogP contribution in [-0.2, 0) is 4.79 Å². The van der Waals surface area contributed by atoms with E-state index in [-0.39, 0.29) is 11.5 Å². The van der Waals surface area contributed by atoms with Crippen molar-refractivity contribution < 1.29 is 14.7 Å². The predicted octanol–water partition coefficient (Wildman–Crippen LogP) is 4.43. The lowest BCUT2D eigenvalue weighted by Gasteiger charge is -2.08. The molecule has 4 nitrogen and oxygen atoms in total. The predicted molar refractivity (Wildman–Crippen MR) is 91.5 cm³/mol. The average molecular weight is 311 g/mol. The standard InChI is InChI=1S/C19H21NO3/c1-13(2)3-12-18(21)20-17-10-8-15(9-11-17)14-4-6-16(7-5-14)19(22)23/h4-11,13H,3,12H2,1-2H3,(H,20,21)(H,22,23). The van der Waals surface area contributed by atoms with E-state index in [1.165, 1.54) is 0 Å². The van der Waals surface area contributed by atoms with Crippen LogP contribution < -0.4 is 5.32 Å². The molecular weight excluding hydrogens is 290 g/mol. The van der Waals surface area contributed by atoms with Gasteiger partial charge in [-0.25, -0.2) is 4.79 Å². The number of aromatic carboxylic acids is 1. The van der Waals surface area contributed by atoms with E-state index >= 15 is 0 Å². The van der Waals surface area contributed by atoms with E-state index in [0.717, 1.165) is 23.2 Å². The number of carboxylic acid groups (broad SMARTS) is 1. The van der Waals surface area contributed by atoms with E-state index in [2.05, 4.69) is 19.2 Å². The van der Waals surface area contributed by atoms with Crippen molar-refractivity contribution in [1.82, 2.24) is 0 Å². The van der Waals surface area contributed by atoms with Gasteiger partial charge in [-0.15, -0.1) is 0 Å². The van der Waals surface area contributed by atoms with Gasteiger partial charge in [-0.3, -0.25) is 4.79 Å². The maximum absolute atomic E-state index is 11.8. The molecule has 23 heavy (non-hydrogen) atoms. The number of benzene rings is 2. The van der Waals surface area contributed by atoms with Crippen LogP contribution in [0.15, 0.2) is 48.5 Å². The van der Waals surface area contributed by atoms with Crippen LogP contribution in [0.25, 0.3) is 11.1 Å². The van der Waals surface area contributed by atoms with Crippen LogP contribution in [0.2, 0.25) is 0 Å². The fraction of sp³-hybridized carbons (Fsp3) is 0.263. The summed E-state index contributed by atoms with van der Waals surface area (Å²) in [5.74, 6) is -0.398. The molecule has 1 amide bonds. The summed E-state index contributed by atoms with van der Waals surface area (Å²) >= 11 is 0. The first-order chi connectivity index (χ1) is 11.0. The molecule has 120 valence electrons. The number of nitrogens with one attached hydrogen (secondary N) is 1. The molecule has 4 heteroatoms. The van der Waals surface area contributed by atoms with Gasteiger partial charge in [0.1, 0.15) is 0 Å². The summed E-state index contributed by atoms with van der Waals surface area (Å²) in [7, 11) is 0. The van der Waals surface area contributed by atoms with Crippen molar-refractivity contribution in [3.05, 3.63) is 54.1 Å². The van der Waals surface area contributed by atoms with E-state index in [4.69, 9.17) is 5.11 Å². The van der Waals surface area contributed by atoms with E-state index in [1.807, 2.05) is 24.3 Å². The van der Waals surface area contributed by atoms with E-state index in [0.29, 0.717) is 12.3 Å². The lowest BCUT2D eigenvalue weighted by atomic mass is 10.0. The quantitative estimate of drug-likeness (QED) is 0.829. The zero-order valence-corrected chi connectivity index (χ0v) is 13.4. The Balaban J connectivity index is 2.01. The molecular formula is C19H21NO3. The van der Waals surface area contributed by atoms with Crippen molar-refractivity contribution >= 4 is 17.6 Å². The Bertz CT molecular complexity index is 673. The van der Waals surface area contributed by atoms with E-state index in [1.54, 1.807) is 24.3 Å². The Kier molecular flexibility index (Phi) is 5.52. The Hall–Kier alpha value is -2.62. The minimum Gasteiger partial charge on any atom is -0.478 e. The van der Waals surface area contributed by atoms with Gasteiger partial charge in [-0.05, 0) is 47.7 Å². The molecule has 0 aliphatic carbocycles.